The van der Waals surface area contributed by atoms with Crippen LogP contribution in [0.4, 0.5) is 16.2 Å². The number of imide groups is 2. The second kappa shape index (κ2) is 10.9. The Labute approximate surface area is 222 Å². The van der Waals surface area contributed by atoms with Gasteiger partial charge in [-0.2, -0.15) is 0 Å². The third-order valence-corrected chi connectivity index (χ3v) is 6.24. The Morgan fingerprint density at radius 1 is 1.00 bits per heavy atom. The smallest absolute Gasteiger partial charge is 0.335 e. The molecule has 0 radical (unpaired) electrons. The lowest BCUT2D eigenvalue weighted by molar-refractivity contribution is -0.122. The number of barbiturate groups is 1. The summed E-state index contributed by atoms with van der Waals surface area (Å²) in [5.74, 6) is -1.97. The van der Waals surface area contributed by atoms with Crippen molar-refractivity contribution in [2.24, 2.45) is 0 Å². The van der Waals surface area contributed by atoms with E-state index in [-0.39, 0.29) is 28.0 Å². The van der Waals surface area contributed by atoms with E-state index in [0.29, 0.717) is 16.9 Å². The van der Waals surface area contributed by atoms with Gasteiger partial charge in [-0.05, 0) is 66.9 Å². The zero-order valence-electron chi connectivity index (χ0n) is 19.8. The van der Waals surface area contributed by atoms with Gasteiger partial charge in [0.15, 0.2) is 12.4 Å². The van der Waals surface area contributed by atoms with Gasteiger partial charge in [0.2, 0.25) is 0 Å². The minimum absolute atomic E-state index is 0.0681. The first-order valence-electron chi connectivity index (χ1n) is 11.1. The number of hydrogen-bond acceptors (Lipinski definition) is 5. The number of nitrogens with zero attached hydrogens (tertiary/aromatic N) is 1. The maximum absolute atomic E-state index is 13.0. The number of hydrogen-bond donors (Lipinski definition) is 2. The van der Waals surface area contributed by atoms with Gasteiger partial charge in [-0.15, -0.1) is 0 Å². The van der Waals surface area contributed by atoms with Crippen LogP contribution in [-0.4, -0.2) is 30.4 Å². The minimum Gasteiger partial charge on any atom is -0.481 e. The van der Waals surface area contributed by atoms with E-state index in [2.05, 4.69) is 10.6 Å². The quantitative estimate of drug-likeness (QED) is 0.328. The van der Waals surface area contributed by atoms with Gasteiger partial charge in [-0.1, -0.05) is 53.5 Å². The molecular formula is C27H21Cl2N3O5. The van der Waals surface area contributed by atoms with Crippen LogP contribution in [0, 0.1) is 13.8 Å². The molecule has 188 valence electrons. The molecule has 1 heterocycles. The molecule has 1 saturated heterocycles. The fourth-order valence-electron chi connectivity index (χ4n) is 3.65. The van der Waals surface area contributed by atoms with Gasteiger partial charge in [0.1, 0.15) is 5.57 Å². The summed E-state index contributed by atoms with van der Waals surface area (Å²) in [5.41, 5.74) is 3.00. The van der Waals surface area contributed by atoms with Crippen molar-refractivity contribution >= 4 is 64.4 Å². The highest BCUT2D eigenvalue weighted by atomic mass is 35.5. The topological polar surface area (TPSA) is 105 Å². The summed E-state index contributed by atoms with van der Waals surface area (Å²) < 4.78 is 5.55. The maximum atomic E-state index is 13.0. The molecule has 0 unspecified atom stereocenters. The molecular weight excluding hydrogens is 517 g/mol. The van der Waals surface area contributed by atoms with Gasteiger partial charge in [0, 0.05) is 5.69 Å². The summed E-state index contributed by atoms with van der Waals surface area (Å²) >= 11 is 12.7. The second-order valence-electron chi connectivity index (χ2n) is 8.19. The van der Waals surface area contributed by atoms with E-state index in [4.69, 9.17) is 27.9 Å². The average Bonchev–Trinajstić information content (AvgIpc) is 2.84. The molecule has 0 spiro atoms. The Bertz CT molecular complexity index is 1430. The first-order valence-corrected chi connectivity index (χ1v) is 11.9. The van der Waals surface area contributed by atoms with E-state index in [1.807, 2.05) is 26.0 Å². The van der Waals surface area contributed by atoms with E-state index >= 15 is 0 Å². The summed E-state index contributed by atoms with van der Waals surface area (Å²) in [5, 5.41) is 5.07. The molecule has 37 heavy (non-hydrogen) atoms. The summed E-state index contributed by atoms with van der Waals surface area (Å²) in [6.45, 7) is 3.50. The van der Waals surface area contributed by atoms with Gasteiger partial charge in [0.25, 0.3) is 17.7 Å². The molecule has 0 bridgehead atoms. The zero-order valence-corrected chi connectivity index (χ0v) is 21.3. The number of amides is 5. The monoisotopic (exact) mass is 537 g/mol. The molecule has 0 atom stereocenters. The normalized spacial score (nSPS) is 14.5. The number of para-hydroxylation sites is 1. The van der Waals surface area contributed by atoms with E-state index in [0.717, 1.165) is 16.0 Å². The van der Waals surface area contributed by atoms with Crippen LogP contribution < -0.4 is 20.3 Å². The van der Waals surface area contributed by atoms with Crippen LogP contribution in [0.3, 0.4) is 0 Å². The van der Waals surface area contributed by atoms with E-state index in [1.54, 1.807) is 36.4 Å². The lowest BCUT2D eigenvalue weighted by atomic mass is 10.1. The fraction of sp³-hybridized carbons (Fsp3) is 0.111. The minimum atomic E-state index is -0.850. The van der Waals surface area contributed by atoms with E-state index in [9.17, 15) is 19.2 Å². The summed E-state index contributed by atoms with van der Waals surface area (Å²) in [7, 11) is 0. The van der Waals surface area contributed by atoms with Crippen molar-refractivity contribution < 1.29 is 23.9 Å². The first-order chi connectivity index (χ1) is 17.7. The number of halogens is 2. The van der Waals surface area contributed by atoms with Crippen LogP contribution in [0.5, 0.6) is 5.75 Å². The Balaban J connectivity index is 1.52. The molecule has 0 saturated carbocycles. The molecule has 0 aromatic heterocycles. The molecule has 2 N–H and O–H groups in total. The van der Waals surface area contributed by atoms with Crippen molar-refractivity contribution in [3.63, 3.8) is 0 Å². The van der Waals surface area contributed by atoms with Crippen molar-refractivity contribution in [3.05, 3.63) is 93.0 Å². The lowest BCUT2D eigenvalue weighted by Crippen LogP contribution is -2.54. The SMILES string of the molecule is Cc1cccc(NC(=O)COc2c(Cl)cc(/C=C3/C(=O)NC(=O)N(c4ccccc4)C3=O)cc2Cl)c1C. The zero-order chi connectivity index (χ0) is 26.7. The van der Waals surface area contributed by atoms with Gasteiger partial charge in [-0.3, -0.25) is 19.7 Å². The van der Waals surface area contributed by atoms with Gasteiger partial charge in [0.05, 0.1) is 15.7 Å². The van der Waals surface area contributed by atoms with E-state index < -0.39 is 23.8 Å². The lowest BCUT2D eigenvalue weighted by Gasteiger charge is -2.26. The number of carbonyl (C=O) groups is 4. The number of nitrogens with one attached hydrogen (secondary N) is 2. The average molecular weight is 538 g/mol. The van der Waals surface area contributed by atoms with Crippen molar-refractivity contribution in [2.45, 2.75) is 13.8 Å². The molecule has 10 heteroatoms. The van der Waals surface area contributed by atoms with E-state index in [1.165, 1.54) is 18.2 Å². The summed E-state index contributed by atoms with van der Waals surface area (Å²) in [6.07, 6.45) is 1.27. The highest BCUT2D eigenvalue weighted by molar-refractivity contribution is 6.40. The Hall–Kier alpha value is -4.14. The number of anilines is 2. The summed E-state index contributed by atoms with van der Waals surface area (Å²) in [4.78, 5) is 51.0. The van der Waals surface area contributed by atoms with Crippen LogP contribution >= 0.6 is 23.2 Å². The van der Waals surface area contributed by atoms with Crippen molar-refractivity contribution in [1.82, 2.24) is 5.32 Å². The highest BCUT2D eigenvalue weighted by Crippen LogP contribution is 2.35. The predicted octanol–water partition coefficient (Wildman–Crippen LogP) is 5.29. The van der Waals surface area contributed by atoms with Crippen molar-refractivity contribution in [2.75, 3.05) is 16.8 Å². The van der Waals surface area contributed by atoms with Gasteiger partial charge < -0.3 is 10.1 Å². The second-order valence-corrected chi connectivity index (χ2v) is 9.01. The van der Waals surface area contributed by atoms with Crippen LogP contribution in [0.25, 0.3) is 6.08 Å². The van der Waals surface area contributed by atoms with Crippen molar-refractivity contribution in [1.29, 1.82) is 0 Å². The molecule has 3 aromatic carbocycles. The van der Waals surface area contributed by atoms with Crippen LogP contribution in [0.2, 0.25) is 10.0 Å². The molecule has 1 aliphatic heterocycles. The van der Waals surface area contributed by atoms with Gasteiger partial charge in [-0.25, -0.2) is 9.69 Å². The number of urea groups is 1. The number of benzene rings is 3. The third kappa shape index (κ3) is 5.66. The Kier molecular flexibility index (Phi) is 7.61. The van der Waals surface area contributed by atoms with Crippen molar-refractivity contribution in [3.8, 4) is 5.75 Å². The molecule has 8 nitrogen and oxygen atoms in total. The molecule has 4 rings (SSSR count). The standard InChI is InChI=1S/C27H21Cl2N3O5/c1-15-7-6-10-22(16(15)2)30-23(33)14-37-24-20(28)12-17(13-21(24)29)11-19-25(34)31-27(36)32(26(19)35)18-8-4-3-5-9-18/h3-13H,14H2,1-2H3,(H,30,33)(H,31,34,36)/b19-11-. The number of carbonyl (C=O) groups excluding carboxylic acids is 4. The molecule has 5 amide bonds. The number of aryl methyl sites for hydroxylation is 1. The largest absolute Gasteiger partial charge is 0.481 e. The fourth-order valence-corrected chi connectivity index (χ4v) is 4.26. The summed E-state index contributed by atoms with van der Waals surface area (Å²) in [6, 6.07) is 15.8. The van der Waals surface area contributed by atoms with Crippen LogP contribution in [0.1, 0.15) is 16.7 Å². The number of rotatable bonds is 6. The number of ether oxygens (including phenoxy) is 1. The molecule has 1 aliphatic rings. The Morgan fingerprint density at radius 3 is 2.35 bits per heavy atom. The van der Waals surface area contributed by atoms with Gasteiger partial charge >= 0.3 is 6.03 Å². The molecule has 1 fully saturated rings. The molecule has 0 aliphatic carbocycles. The van der Waals surface area contributed by atoms with Crippen LogP contribution in [-0.2, 0) is 14.4 Å². The van der Waals surface area contributed by atoms with Crippen LogP contribution in [0.15, 0.2) is 66.2 Å². The Morgan fingerprint density at radius 2 is 1.68 bits per heavy atom. The maximum Gasteiger partial charge on any atom is 0.335 e. The molecule has 3 aromatic rings. The highest BCUT2D eigenvalue weighted by Gasteiger charge is 2.36. The first kappa shape index (κ1) is 25.9. The predicted molar refractivity (Wildman–Crippen MR) is 142 cm³/mol. The third-order valence-electron chi connectivity index (χ3n) is 5.67.